The molecule has 3 aromatic rings. The van der Waals surface area contributed by atoms with E-state index in [1.807, 2.05) is 0 Å². The van der Waals surface area contributed by atoms with Crippen molar-refractivity contribution in [3.63, 3.8) is 0 Å². The van der Waals surface area contributed by atoms with Crippen molar-refractivity contribution in [1.82, 2.24) is 0 Å². The molecule has 2 aliphatic rings. The molecule has 1 aliphatic carbocycles. The fourth-order valence-corrected chi connectivity index (χ4v) is 6.88. The number of benzene rings is 3. The van der Waals surface area contributed by atoms with E-state index in [0.29, 0.717) is 12.4 Å². The van der Waals surface area contributed by atoms with E-state index < -0.39 is 12.6 Å². The second kappa shape index (κ2) is 16.4. The number of alkyl halides is 3. The van der Waals surface area contributed by atoms with E-state index in [4.69, 9.17) is 14.2 Å². The van der Waals surface area contributed by atoms with Gasteiger partial charge in [-0.3, -0.25) is 0 Å². The number of unbranched alkanes of at least 4 members (excludes halogenated alkanes) is 2. The van der Waals surface area contributed by atoms with Crippen LogP contribution in [0, 0.1) is 0 Å². The smallest absolute Gasteiger partial charge is 0.389 e. The minimum Gasteiger partial charge on any atom is -0.494 e. The van der Waals surface area contributed by atoms with Crippen molar-refractivity contribution in [2.45, 2.75) is 83.1 Å². The Balaban J connectivity index is 1.22. The molecule has 1 unspecified atom stereocenters. The molecule has 5 rings (SSSR count). The molecule has 3 nitrogen and oxygen atoms in total. The Morgan fingerprint density at radius 3 is 2.34 bits per heavy atom. The van der Waals surface area contributed by atoms with Crippen molar-refractivity contribution in [3.05, 3.63) is 95.1 Å². The maximum Gasteiger partial charge on any atom is 0.389 e. The second-order valence-corrected chi connectivity index (χ2v) is 12.8. The third-order valence-electron chi connectivity index (χ3n) is 8.14. The summed E-state index contributed by atoms with van der Waals surface area (Å²) in [5.74, 6) is 3.19. The lowest BCUT2D eigenvalue weighted by Crippen LogP contribution is -2.25. The summed E-state index contributed by atoms with van der Waals surface area (Å²) in [7, 11) is 0. The number of allylic oxidation sites excluding steroid dienone is 1. The molecule has 1 saturated heterocycles. The lowest BCUT2D eigenvalue weighted by Gasteiger charge is -2.24. The zero-order valence-electron chi connectivity index (χ0n) is 25.4. The summed E-state index contributed by atoms with van der Waals surface area (Å²) in [6, 6.07) is 25.7. The van der Waals surface area contributed by atoms with Crippen LogP contribution in [0.2, 0.25) is 0 Å². The summed E-state index contributed by atoms with van der Waals surface area (Å²) < 4.78 is 54.8. The van der Waals surface area contributed by atoms with Gasteiger partial charge in [0.25, 0.3) is 0 Å². The van der Waals surface area contributed by atoms with Crippen molar-refractivity contribution >= 4 is 22.9 Å². The van der Waals surface area contributed by atoms with Crippen LogP contribution in [0.3, 0.4) is 0 Å². The molecule has 3 aromatic carbocycles. The average molecular weight is 625 g/mol. The molecule has 1 aliphatic heterocycles. The maximum absolute atomic E-state index is 12.2. The van der Waals surface area contributed by atoms with Gasteiger partial charge in [0.05, 0.1) is 13.2 Å². The van der Waals surface area contributed by atoms with Crippen molar-refractivity contribution < 1.29 is 27.4 Å². The van der Waals surface area contributed by atoms with E-state index in [1.165, 1.54) is 33.4 Å². The maximum atomic E-state index is 12.2. The summed E-state index contributed by atoms with van der Waals surface area (Å²) in [6.07, 6.45) is 4.47. The van der Waals surface area contributed by atoms with E-state index in [0.717, 1.165) is 81.6 Å². The SMILES string of the molecule is FC(F)(F)CCCSCCCCCOc1ccc(C2=C(c3ccccc3)CCCc3cc(OC4CCCCO4)ccc32)cc1. The molecule has 0 radical (unpaired) electrons. The van der Waals surface area contributed by atoms with E-state index in [1.54, 1.807) is 11.8 Å². The number of hydrogen-bond acceptors (Lipinski definition) is 4. The largest absolute Gasteiger partial charge is 0.494 e. The first-order valence-corrected chi connectivity index (χ1v) is 17.2. The van der Waals surface area contributed by atoms with Crippen LogP contribution < -0.4 is 9.47 Å². The van der Waals surface area contributed by atoms with Crippen LogP contribution in [-0.2, 0) is 11.2 Å². The highest BCUT2D eigenvalue weighted by molar-refractivity contribution is 7.99. The number of hydrogen-bond donors (Lipinski definition) is 0. The number of aryl methyl sites for hydroxylation is 1. The zero-order chi connectivity index (χ0) is 30.6. The highest BCUT2D eigenvalue weighted by atomic mass is 32.2. The molecule has 44 heavy (non-hydrogen) atoms. The van der Waals surface area contributed by atoms with Crippen LogP contribution in [0.1, 0.15) is 86.5 Å². The number of ether oxygens (including phenoxy) is 3. The van der Waals surface area contributed by atoms with Crippen molar-refractivity contribution in [1.29, 1.82) is 0 Å². The number of halogens is 3. The predicted octanol–water partition coefficient (Wildman–Crippen LogP) is 10.5. The molecule has 236 valence electrons. The molecule has 0 N–H and O–H groups in total. The first-order valence-electron chi connectivity index (χ1n) is 16.0. The molecule has 0 aromatic heterocycles. The van der Waals surface area contributed by atoms with Gasteiger partial charge in [-0.25, -0.2) is 0 Å². The molecule has 0 saturated carbocycles. The first-order chi connectivity index (χ1) is 21.5. The van der Waals surface area contributed by atoms with Gasteiger partial charge in [-0.2, -0.15) is 24.9 Å². The molecule has 0 bridgehead atoms. The van der Waals surface area contributed by atoms with Gasteiger partial charge < -0.3 is 14.2 Å². The molecule has 0 amide bonds. The number of thioether (sulfide) groups is 1. The van der Waals surface area contributed by atoms with Crippen LogP contribution in [-0.4, -0.2) is 37.2 Å². The molecule has 1 heterocycles. The van der Waals surface area contributed by atoms with Crippen molar-refractivity contribution in [2.24, 2.45) is 0 Å². The van der Waals surface area contributed by atoms with E-state index in [-0.39, 0.29) is 12.7 Å². The Hall–Kier alpha value is -2.90. The summed E-state index contributed by atoms with van der Waals surface area (Å²) in [4.78, 5) is 0. The minimum atomic E-state index is -4.04. The predicted molar refractivity (Wildman–Crippen MR) is 174 cm³/mol. The normalized spacial score (nSPS) is 17.2. The summed E-state index contributed by atoms with van der Waals surface area (Å²) in [5.41, 5.74) is 7.61. The molecule has 7 heteroatoms. The Kier molecular flexibility index (Phi) is 12.1. The van der Waals surface area contributed by atoms with Gasteiger partial charge in [0.2, 0.25) is 0 Å². The van der Waals surface area contributed by atoms with Gasteiger partial charge in [-0.1, -0.05) is 48.5 Å². The average Bonchev–Trinajstić information content (AvgIpc) is 3.22. The van der Waals surface area contributed by atoms with Gasteiger partial charge in [0.1, 0.15) is 11.5 Å². The van der Waals surface area contributed by atoms with Crippen LogP contribution in [0.4, 0.5) is 13.2 Å². The van der Waals surface area contributed by atoms with E-state index in [9.17, 15) is 13.2 Å². The van der Waals surface area contributed by atoms with E-state index in [2.05, 4.69) is 72.8 Å². The molecule has 1 atom stereocenters. The highest BCUT2D eigenvalue weighted by Crippen LogP contribution is 2.41. The van der Waals surface area contributed by atoms with Crippen molar-refractivity contribution in [3.8, 4) is 11.5 Å². The monoisotopic (exact) mass is 624 g/mol. The third-order valence-corrected chi connectivity index (χ3v) is 9.30. The van der Waals surface area contributed by atoms with Gasteiger partial charge >= 0.3 is 6.18 Å². The van der Waals surface area contributed by atoms with Gasteiger partial charge in [-0.15, -0.1) is 0 Å². The third kappa shape index (κ3) is 9.80. The summed E-state index contributed by atoms with van der Waals surface area (Å²) >= 11 is 1.61. The first kappa shape index (κ1) is 32.5. The molecule has 1 fully saturated rings. The Bertz CT molecular complexity index is 1330. The minimum absolute atomic E-state index is 0.162. The van der Waals surface area contributed by atoms with Gasteiger partial charge in [0.15, 0.2) is 6.29 Å². The van der Waals surface area contributed by atoms with E-state index >= 15 is 0 Å². The topological polar surface area (TPSA) is 27.7 Å². The highest BCUT2D eigenvalue weighted by Gasteiger charge is 2.26. The Labute approximate surface area is 264 Å². The number of fused-ring (bicyclic) bond motifs is 1. The Morgan fingerprint density at radius 1 is 0.773 bits per heavy atom. The zero-order valence-corrected chi connectivity index (χ0v) is 26.2. The quantitative estimate of drug-likeness (QED) is 0.167. The van der Waals surface area contributed by atoms with Gasteiger partial charge in [0, 0.05) is 12.8 Å². The lowest BCUT2D eigenvalue weighted by molar-refractivity contribution is -0.134. The molecular formula is C37H43F3O3S. The second-order valence-electron chi connectivity index (χ2n) is 11.6. The number of rotatable bonds is 14. The summed E-state index contributed by atoms with van der Waals surface area (Å²) in [5, 5.41) is 0. The Morgan fingerprint density at radius 2 is 1.57 bits per heavy atom. The summed E-state index contributed by atoms with van der Waals surface area (Å²) in [6.45, 7) is 1.39. The fourth-order valence-electron chi connectivity index (χ4n) is 5.92. The molecule has 0 spiro atoms. The standard InChI is InChI=1S/C37H43F3O3S/c38-37(39,40)22-10-26-44-25-8-2-6-23-41-31-18-16-29(17-19-31)36-33(28-11-3-1-4-12-28)14-9-13-30-27-32(20-21-34(30)36)43-35-15-5-7-24-42-35/h1,3-4,11-12,16-21,27,35H,2,5-10,13-15,22-26H2. The van der Waals surface area contributed by atoms with Crippen molar-refractivity contribution in [2.75, 3.05) is 24.7 Å². The van der Waals surface area contributed by atoms with Crippen LogP contribution >= 0.6 is 11.8 Å². The van der Waals surface area contributed by atoms with Crippen LogP contribution in [0.15, 0.2) is 72.8 Å². The lowest BCUT2D eigenvalue weighted by atomic mass is 9.88. The molecular weight excluding hydrogens is 581 g/mol. The fraction of sp³-hybridized carbons (Fsp3) is 0.459. The van der Waals surface area contributed by atoms with Crippen LogP contribution in [0.5, 0.6) is 11.5 Å². The van der Waals surface area contributed by atoms with Crippen LogP contribution in [0.25, 0.3) is 11.1 Å². The van der Waals surface area contributed by atoms with Gasteiger partial charge in [-0.05, 0) is 127 Å².